The van der Waals surface area contributed by atoms with Crippen molar-refractivity contribution in [2.75, 3.05) is 0 Å². The fourth-order valence-corrected chi connectivity index (χ4v) is 3.81. The highest BCUT2D eigenvalue weighted by Gasteiger charge is 2.18. The largest absolute Gasteiger partial charge is 0.494 e. The van der Waals surface area contributed by atoms with Gasteiger partial charge in [0.15, 0.2) is 5.78 Å². The van der Waals surface area contributed by atoms with Crippen LogP contribution in [-0.2, 0) is 9.53 Å². The highest BCUT2D eigenvalue weighted by atomic mass is 16.5. The van der Waals surface area contributed by atoms with Crippen LogP contribution in [-0.4, -0.2) is 11.9 Å². The van der Waals surface area contributed by atoms with Gasteiger partial charge >= 0.3 is 0 Å². The SMILES string of the molecule is CCCCCCCCC=CCCCCCCCCCC1CC(=O)C=C(C)O1. The molecule has 0 amide bonds. The molecule has 0 fully saturated rings. The zero-order valence-corrected chi connectivity index (χ0v) is 18.1. The van der Waals surface area contributed by atoms with Crippen LogP contribution in [0.25, 0.3) is 0 Å². The summed E-state index contributed by atoms with van der Waals surface area (Å²) < 4.78 is 5.72. The van der Waals surface area contributed by atoms with Gasteiger partial charge < -0.3 is 4.74 Å². The van der Waals surface area contributed by atoms with Crippen molar-refractivity contribution in [3.8, 4) is 0 Å². The standard InChI is InChI=1S/C25H44O2/c1-3-4-5-6-7-8-9-10-11-12-13-14-15-16-17-18-19-20-25-22-24(26)21-23(2)27-25/h10-11,21,25H,3-9,12-20,22H2,1-2H3. The van der Waals surface area contributed by atoms with Gasteiger partial charge in [-0.25, -0.2) is 0 Å². The minimum absolute atomic E-state index is 0.130. The molecule has 1 aliphatic heterocycles. The van der Waals surface area contributed by atoms with E-state index < -0.39 is 0 Å². The first-order chi connectivity index (χ1) is 13.2. The minimum atomic E-state index is 0.130. The van der Waals surface area contributed by atoms with Crippen LogP contribution in [0.1, 0.15) is 123 Å². The number of hydrogen-bond acceptors (Lipinski definition) is 2. The van der Waals surface area contributed by atoms with E-state index in [2.05, 4.69) is 19.1 Å². The normalized spacial score (nSPS) is 17.3. The van der Waals surface area contributed by atoms with Crippen LogP contribution < -0.4 is 0 Å². The number of hydrogen-bond donors (Lipinski definition) is 0. The molecule has 0 radical (unpaired) electrons. The number of carbonyl (C=O) groups excluding carboxylic acids is 1. The molecule has 27 heavy (non-hydrogen) atoms. The first kappa shape index (κ1) is 24.0. The molecule has 0 saturated heterocycles. The highest BCUT2D eigenvalue weighted by Crippen LogP contribution is 2.20. The maximum absolute atomic E-state index is 11.5. The van der Waals surface area contributed by atoms with Crippen LogP contribution in [0.4, 0.5) is 0 Å². The molecule has 1 atom stereocenters. The molecule has 1 aliphatic rings. The molecule has 1 unspecified atom stereocenters. The van der Waals surface area contributed by atoms with E-state index in [4.69, 9.17) is 4.74 Å². The smallest absolute Gasteiger partial charge is 0.162 e. The summed E-state index contributed by atoms with van der Waals surface area (Å²) >= 11 is 0. The Balaban J connectivity index is 1.78. The molecule has 1 heterocycles. The Kier molecular flexibility index (Phi) is 15.2. The van der Waals surface area contributed by atoms with Crippen LogP contribution in [0, 0.1) is 0 Å². The Morgan fingerprint density at radius 3 is 1.93 bits per heavy atom. The van der Waals surface area contributed by atoms with Gasteiger partial charge in [0.05, 0.1) is 5.76 Å². The van der Waals surface area contributed by atoms with Gasteiger partial charge in [0, 0.05) is 12.5 Å². The summed E-state index contributed by atoms with van der Waals surface area (Å²) in [7, 11) is 0. The Morgan fingerprint density at radius 1 is 0.852 bits per heavy atom. The van der Waals surface area contributed by atoms with E-state index in [9.17, 15) is 4.79 Å². The summed E-state index contributed by atoms with van der Waals surface area (Å²) in [5, 5.41) is 0. The van der Waals surface area contributed by atoms with Crippen molar-refractivity contribution in [3.05, 3.63) is 24.0 Å². The molecule has 0 saturated carbocycles. The van der Waals surface area contributed by atoms with Gasteiger partial charge in [-0.3, -0.25) is 4.79 Å². The molecule has 0 spiro atoms. The molecule has 0 aliphatic carbocycles. The van der Waals surface area contributed by atoms with E-state index in [0.29, 0.717) is 6.42 Å². The fourth-order valence-electron chi connectivity index (χ4n) is 3.81. The molecule has 156 valence electrons. The minimum Gasteiger partial charge on any atom is -0.494 e. The number of rotatable bonds is 17. The van der Waals surface area contributed by atoms with Gasteiger partial charge in [0.2, 0.25) is 0 Å². The van der Waals surface area contributed by atoms with E-state index in [1.54, 1.807) is 6.08 Å². The lowest BCUT2D eigenvalue weighted by Gasteiger charge is -2.22. The maximum atomic E-state index is 11.5. The predicted molar refractivity (Wildman–Crippen MR) is 117 cm³/mol. The van der Waals surface area contributed by atoms with Gasteiger partial charge in [-0.1, -0.05) is 83.3 Å². The van der Waals surface area contributed by atoms with Gasteiger partial charge in [-0.05, 0) is 45.4 Å². The zero-order valence-electron chi connectivity index (χ0n) is 18.1. The molecule has 0 aromatic carbocycles. The fraction of sp³-hybridized carbons (Fsp3) is 0.800. The van der Waals surface area contributed by atoms with Gasteiger partial charge in [0.25, 0.3) is 0 Å². The lowest BCUT2D eigenvalue weighted by molar-refractivity contribution is -0.118. The third-order valence-corrected chi connectivity index (χ3v) is 5.43. The number of ketones is 1. The molecule has 0 bridgehead atoms. The lowest BCUT2D eigenvalue weighted by atomic mass is 10.0. The topological polar surface area (TPSA) is 26.3 Å². The van der Waals surface area contributed by atoms with Crippen molar-refractivity contribution in [2.24, 2.45) is 0 Å². The van der Waals surface area contributed by atoms with E-state index >= 15 is 0 Å². The van der Waals surface area contributed by atoms with Crippen molar-refractivity contribution in [2.45, 2.75) is 129 Å². The van der Waals surface area contributed by atoms with Crippen LogP contribution in [0.2, 0.25) is 0 Å². The molecule has 0 aromatic heterocycles. The molecular formula is C25H44O2. The molecule has 0 N–H and O–H groups in total. The summed E-state index contributed by atoms with van der Waals surface area (Å²) in [4.78, 5) is 11.5. The third kappa shape index (κ3) is 14.7. The lowest BCUT2D eigenvalue weighted by Crippen LogP contribution is -2.21. The second-order valence-electron chi connectivity index (χ2n) is 8.25. The Labute approximate surface area is 168 Å². The zero-order chi connectivity index (χ0) is 19.6. The summed E-state index contributed by atoms with van der Waals surface area (Å²) in [5.74, 6) is 1.02. The van der Waals surface area contributed by atoms with E-state index in [1.807, 2.05) is 6.92 Å². The average molecular weight is 377 g/mol. The van der Waals surface area contributed by atoms with Gasteiger partial charge in [-0.15, -0.1) is 0 Å². The number of allylic oxidation sites excluding steroid dienone is 4. The quantitative estimate of drug-likeness (QED) is 0.189. The second kappa shape index (κ2) is 17.1. The van der Waals surface area contributed by atoms with Crippen molar-refractivity contribution in [1.82, 2.24) is 0 Å². The van der Waals surface area contributed by atoms with Crippen LogP contribution in [0.3, 0.4) is 0 Å². The van der Waals surface area contributed by atoms with Crippen molar-refractivity contribution in [3.63, 3.8) is 0 Å². The van der Waals surface area contributed by atoms with Crippen LogP contribution in [0.5, 0.6) is 0 Å². The second-order valence-corrected chi connectivity index (χ2v) is 8.25. The van der Waals surface area contributed by atoms with Crippen molar-refractivity contribution < 1.29 is 9.53 Å². The average Bonchev–Trinajstić information content (AvgIpc) is 2.63. The first-order valence-corrected chi connectivity index (χ1v) is 11.7. The van der Waals surface area contributed by atoms with Gasteiger partial charge in [-0.2, -0.15) is 0 Å². The number of unbranched alkanes of at least 4 members (excludes halogenated alkanes) is 13. The summed E-state index contributed by atoms with van der Waals surface area (Å²) in [6, 6.07) is 0. The number of carbonyl (C=O) groups is 1. The van der Waals surface area contributed by atoms with Crippen LogP contribution >= 0.6 is 0 Å². The Morgan fingerprint density at radius 2 is 1.37 bits per heavy atom. The first-order valence-electron chi connectivity index (χ1n) is 11.7. The Bertz CT molecular complexity index is 422. The van der Waals surface area contributed by atoms with Crippen LogP contribution in [0.15, 0.2) is 24.0 Å². The molecule has 2 nitrogen and oxygen atoms in total. The number of ether oxygens (including phenoxy) is 1. The van der Waals surface area contributed by atoms with Gasteiger partial charge in [0.1, 0.15) is 6.10 Å². The molecule has 0 aromatic rings. The van der Waals surface area contributed by atoms with Crippen molar-refractivity contribution >= 4 is 5.78 Å². The summed E-state index contributed by atoms with van der Waals surface area (Å²) in [6.45, 7) is 4.16. The maximum Gasteiger partial charge on any atom is 0.162 e. The van der Waals surface area contributed by atoms with E-state index in [-0.39, 0.29) is 11.9 Å². The van der Waals surface area contributed by atoms with Crippen molar-refractivity contribution in [1.29, 1.82) is 0 Å². The Hall–Kier alpha value is -1.05. The summed E-state index contributed by atoms with van der Waals surface area (Å²) in [6.07, 6.45) is 28.3. The molecule has 1 rings (SSSR count). The monoisotopic (exact) mass is 376 g/mol. The van der Waals surface area contributed by atoms with E-state index in [0.717, 1.165) is 12.2 Å². The van der Waals surface area contributed by atoms with E-state index in [1.165, 1.54) is 96.3 Å². The molecular weight excluding hydrogens is 332 g/mol. The third-order valence-electron chi connectivity index (χ3n) is 5.43. The summed E-state index contributed by atoms with van der Waals surface area (Å²) in [5.41, 5.74) is 0. The molecule has 2 heteroatoms. The predicted octanol–water partition coefficient (Wildman–Crippen LogP) is 8.07. The highest BCUT2D eigenvalue weighted by molar-refractivity contribution is 5.91.